The van der Waals surface area contributed by atoms with Crippen molar-refractivity contribution in [3.05, 3.63) is 22.4 Å². The van der Waals surface area contributed by atoms with E-state index in [2.05, 4.69) is 21.2 Å². The smallest absolute Gasteiger partial charge is 0.355 e. The quantitative estimate of drug-likeness (QED) is 0.826. The van der Waals surface area contributed by atoms with Crippen LogP contribution in [0.15, 0.2) is 16.7 Å². The van der Waals surface area contributed by atoms with E-state index in [0.29, 0.717) is 12.2 Å². The van der Waals surface area contributed by atoms with Crippen LogP contribution in [0.25, 0.3) is 0 Å². The average molecular weight is 344 g/mol. The Labute approximate surface area is 124 Å². The molecule has 0 aromatic carbocycles. The van der Waals surface area contributed by atoms with Gasteiger partial charge in [-0.1, -0.05) is 0 Å². The summed E-state index contributed by atoms with van der Waals surface area (Å²) < 4.78 is 7.43. The summed E-state index contributed by atoms with van der Waals surface area (Å²) in [5.74, 6) is -1.14. The molecule has 1 atom stereocenters. The Hall–Kier alpha value is -1.83. The van der Waals surface area contributed by atoms with E-state index in [4.69, 9.17) is 4.74 Å². The number of amides is 3. The molecule has 1 aliphatic heterocycles. The molecule has 2 rings (SSSR count). The summed E-state index contributed by atoms with van der Waals surface area (Å²) in [5, 5.41) is 2.52. The largest absolute Gasteiger partial charge is 0.448 e. The molecule has 1 fully saturated rings. The van der Waals surface area contributed by atoms with Gasteiger partial charge in [0.25, 0.3) is 5.91 Å². The van der Waals surface area contributed by atoms with Crippen molar-refractivity contribution in [2.75, 3.05) is 13.1 Å². The molecule has 3 amide bonds. The summed E-state index contributed by atoms with van der Waals surface area (Å²) in [6, 6.07) is 1.14. The van der Waals surface area contributed by atoms with Crippen molar-refractivity contribution < 1.29 is 19.1 Å². The number of ether oxygens (including phenoxy) is 1. The second-order valence-corrected chi connectivity index (χ2v) is 5.34. The van der Waals surface area contributed by atoms with E-state index in [1.54, 1.807) is 23.9 Å². The predicted octanol–water partition coefficient (Wildman–Crippen LogP) is 0.885. The number of aryl methyl sites for hydroxylation is 1. The molecule has 8 heteroatoms. The highest BCUT2D eigenvalue weighted by Crippen LogP contribution is 2.15. The first-order chi connectivity index (χ1) is 9.40. The summed E-state index contributed by atoms with van der Waals surface area (Å²) in [4.78, 5) is 36.4. The number of nitrogens with one attached hydrogen (secondary N) is 1. The number of carbonyl (C=O) groups is 3. The van der Waals surface area contributed by atoms with Gasteiger partial charge in [0.05, 0.1) is 0 Å². The molecule has 0 spiro atoms. The van der Waals surface area contributed by atoms with E-state index in [0.717, 1.165) is 9.37 Å². The predicted molar refractivity (Wildman–Crippen MR) is 73.1 cm³/mol. The van der Waals surface area contributed by atoms with Gasteiger partial charge in [-0.15, -0.1) is 0 Å². The van der Waals surface area contributed by atoms with Gasteiger partial charge in [-0.2, -0.15) is 0 Å². The van der Waals surface area contributed by atoms with Gasteiger partial charge in [0, 0.05) is 30.8 Å². The second-order valence-electron chi connectivity index (χ2n) is 4.42. The molecule has 1 aromatic heterocycles. The molecule has 1 unspecified atom stereocenters. The first-order valence-corrected chi connectivity index (χ1v) is 6.81. The molecule has 0 bridgehead atoms. The lowest BCUT2D eigenvalue weighted by Crippen LogP contribution is -2.41. The van der Waals surface area contributed by atoms with Gasteiger partial charge < -0.3 is 14.6 Å². The molecule has 7 nitrogen and oxygen atoms in total. The Balaban J connectivity index is 2.02. The normalized spacial score (nSPS) is 15.9. The van der Waals surface area contributed by atoms with E-state index in [-0.39, 0.29) is 6.54 Å². The Kier molecular flexibility index (Phi) is 4.12. The standard InChI is InChI=1S/C12H14BrN3O4/c1-7(10(17)16-4-3-14-12(16)19)20-11(18)9-5-8(13)6-15(9)2/h5-7H,3-4H2,1-2H3,(H,14,19). The van der Waals surface area contributed by atoms with E-state index >= 15 is 0 Å². The SMILES string of the molecule is CC(OC(=O)c1cc(Br)cn1C)C(=O)N1CCNC1=O. The molecule has 108 valence electrons. The Morgan fingerprint density at radius 1 is 1.50 bits per heavy atom. The van der Waals surface area contributed by atoms with Crippen LogP contribution >= 0.6 is 15.9 Å². The minimum Gasteiger partial charge on any atom is -0.448 e. The van der Waals surface area contributed by atoms with Crippen molar-refractivity contribution in [3.63, 3.8) is 0 Å². The molecular formula is C12H14BrN3O4. The highest BCUT2D eigenvalue weighted by atomic mass is 79.9. The van der Waals surface area contributed by atoms with Crippen molar-refractivity contribution in [1.82, 2.24) is 14.8 Å². The van der Waals surface area contributed by atoms with E-state index in [9.17, 15) is 14.4 Å². The third-order valence-corrected chi connectivity index (χ3v) is 3.37. The third-order valence-electron chi connectivity index (χ3n) is 2.94. The molecule has 1 aromatic rings. The van der Waals surface area contributed by atoms with Crippen molar-refractivity contribution in [3.8, 4) is 0 Å². The van der Waals surface area contributed by atoms with Gasteiger partial charge in [-0.05, 0) is 28.9 Å². The van der Waals surface area contributed by atoms with Crippen LogP contribution in [-0.2, 0) is 16.6 Å². The zero-order valence-corrected chi connectivity index (χ0v) is 12.6. The number of nitrogens with zero attached hydrogens (tertiary/aromatic N) is 2. The summed E-state index contributed by atoms with van der Waals surface area (Å²) >= 11 is 3.25. The van der Waals surface area contributed by atoms with E-state index < -0.39 is 24.0 Å². The zero-order valence-electron chi connectivity index (χ0n) is 11.1. The van der Waals surface area contributed by atoms with Crippen LogP contribution in [0, 0.1) is 0 Å². The topological polar surface area (TPSA) is 80.6 Å². The Bertz CT molecular complexity index is 569. The molecule has 1 aliphatic rings. The number of halogens is 1. The van der Waals surface area contributed by atoms with Gasteiger partial charge in [0.1, 0.15) is 5.69 Å². The lowest BCUT2D eigenvalue weighted by Gasteiger charge is -2.18. The zero-order chi connectivity index (χ0) is 14.9. The lowest BCUT2D eigenvalue weighted by molar-refractivity contribution is -0.136. The summed E-state index contributed by atoms with van der Waals surface area (Å²) in [6.07, 6.45) is 0.691. The van der Waals surface area contributed by atoms with Crippen LogP contribution in [0.1, 0.15) is 17.4 Å². The molecular weight excluding hydrogens is 330 g/mol. The summed E-state index contributed by atoms with van der Waals surface area (Å²) in [6.45, 7) is 2.15. The molecule has 0 aliphatic carbocycles. The van der Waals surface area contributed by atoms with Crippen LogP contribution in [0.5, 0.6) is 0 Å². The van der Waals surface area contributed by atoms with Crippen molar-refractivity contribution in [2.45, 2.75) is 13.0 Å². The van der Waals surface area contributed by atoms with Crippen LogP contribution < -0.4 is 5.32 Å². The maximum absolute atomic E-state index is 12.0. The number of imide groups is 1. The Morgan fingerprint density at radius 3 is 2.70 bits per heavy atom. The minimum atomic E-state index is -1.01. The third kappa shape index (κ3) is 2.84. The maximum Gasteiger partial charge on any atom is 0.355 e. The van der Waals surface area contributed by atoms with E-state index in [1.165, 1.54) is 6.92 Å². The monoisotopic (exact) mass is 343 g/mol. The number of urea groups is 1. The number of hydrogen-bond donors (Lipinski definition) is 1. The number of esters is 1. The summed E-state index contributed by atoms with van der Waals surface area (Å²) in [7, 11) is 1.70. The number of rotatable bonds is 3. The molecule has 1 N–H and O–H groups in total. The lowest BCUT2D eigenvalue weighted by atomic mass is 10.3. The van der Waals surface area contributed by atoms with Crippen LogP contribution in [-0.4, -0.2) is 46.6 Å². The fourth-order valence-electron chi connectivity index (χ4n) is 1.90. The van der Waals surface area contributed by atoms with Crippen LogP contribution in [0.3, 0.4) is 0 Å². The highest BCUT2D eigenvalue weighted by Gasteiger charge is 2.32. The van der Waals surface area contributed by atoms with Gasteiger partial charge >= 0.3 is 12.0 Å². The second kappa shape index (κ2) is 5.66. The highest BCUT2D eigenvalue weighted by molar-refractivity contribution is 9.10. The van der Waals surface area contributed by atoms with E-state index in [1.807, 2.05) is 0 Å². The fourth-order valence-corrected chi connectivity index (χ4v) is 2.42. The fraction of sp³-hybridized carbons (Fsp3) is 0.417. The van der Waals surface area contributed by atoms with Crippen molar-refractivity contribution in [1.29, 1.82) is 0 Å². The van der Waals surface area contributed by atoms with Gasteiger partial charge in [-0.25, -0.2) is 9.59 Å². The molecule has 20 heavy (non-hydrogen) atoms. The van der Waals surface area contributed by atoms with Gasteiger partial charge in [-0.3, -0.25) is 9.69 Å². The molecule has 0 radical (unpaired) electrons. The average Bonchev–Trinajstić information content (AvgIpc) is 2.94. The van der Waals surface area contributed by atoms with Crippen LogP contribution in [0.4, 0.5) is 4.79 Å². The van der Waals surface area contributed by atoms with Gasteiger partial charge in [0.2, 0.25) is 0 Å². The molecule has 1 saturated heterocycles. The van der Waals surface area contributed by atoms with Crippen molar-refractivity contribution in [2.24, 2.45) is 7.05 Å². The molecule has 0 saturated carbocycles. The summed E-state index contributed by atoms with van der Waals surface area (Å²) in [5.41, 5.74) is 0.322. The first-order valence-electron chi connectivity index (χ1n) is 6.02. The Morgan fingerprint density at radius 2 is 2.20 bits per heavy atom. The number of aromatic nitrogens is 1. The molecule has 2 heterocycles. The van der Waals surface area contributed by atoms with Crippen molar-refractivity contribution >= 4 is 33.8 Å². The number of carbonyl (C=O) groups excluding carboxylic acids is 3. The number of hydrogen-bond acceptors (Lipinski definition) is 4. The minimum absolute atomic E-state index is 0.287. The first kappa shape index (κ1) is 14.6. The maximum atomic E-state index is 12.0. The van der Waals surface area contributed by atoms with Gasteiger partial charge in [0.15, 0.2) is 6.10 Å². The van der Waals surface area contributed by atoms with Crippen LogP contribution in [0.2, 0.25) is 0 Å².